The average Bonchev–Trinajstić information content (AvgIpc) is 2.29. The van der Waals surface area contributed by atoms with Gasteiger partial charge in [-0.25, -0.2) is 0 Å². The van der Waals surface area contributed by atoms with E-state index in [1.54, 1.807) is 0 Å². The number of hydrogen-bond donors (Lipinski definition) is 0. The van der Waals surface area contributed by atoms with Crippen molar-refractivity contribution in [2.45, 2.75) is 77.6 Å². The Bertz CT molecular complexity index is 157. The van der Waals surface area contributed by atoms with Crippen LogP contribution in [0.4, 0.5) is 0 Å². The third-order valence-corrected chi connectivity index (χ3v) is 3.70. The molecule has 1 aliphatic carbocycles. The van der Waals surface area contributed by atoms with Crippen molar-refractivity contribution in [3.05, 3.63) is 12.2 Å². The first-order valence-corrected chi connectivity index (χ1v) is 7.08. The molecule has 0 heteroatoms. The molecule has 0 saturated heterocycles. The van der Waals surface area contributed by atoms with Crippen molar-refractivity contribution in [2.75, 3.05) is 0 Å². The normalized spacial score (nSPS) is 26.3. The molecule has 0 amide bonds. The molecule has 0 aromatic carbocycles. The van der Waals surface area contributed by atoms with Crippen LogP contribution in [0.3, 0.4) is 0 Å². The van der Waals surface area contributed by atoms with Crippen molar-refractivity contribution < 1.29 is 0 Å². The predicted molar refractivity (Wildman–Crippen MR) is 69.1 cm³/mol. The fraction of sp³-hybridized carbons (Fsp3) is 0.867. The maximum Gasteiger partial charge on any atom is -0.0322 e. The van der Waals surface area contributed by atoms with E-state index in [2.05, 4.69) is 19.1 Å². The van der Waals surface area contributed by atoms with Crippen molar-refractivity contribution in [3.8, 4) is 0 Å². The van der Waals surface area contributed by atoms with Gasteiger partial charge in [0.1, 0.15) is 0 Å². The largest absolute Gasteiger partial charge is 0.0885 e. The lowest BCUT2D eigenvalue weighted by atomic mass is 9.95. The monoisotopic (exact) mass is 208 g/mol. The lowest BCUT2D eigenvalue weighted by Gasteiger charge is -2.11. The molecule has 0 aromatic heterocycles. The van der Waals surface area contributed by atoms with Gasteiger partial charge in [-0.1, -0.05) is 70.4 Å². The molecule has 15 heavy (non-hydrogen) atoms. The van der Waals surface area contributed by atoms with E-state index < -0.39 is 0 Å². The van der Waals surface area contributed by atoms with Gasteiger partial charge in [0.05, 0.1) is 0 Å². The molecule has 0 radical (unpaired) electrons. The summed E-state index contributed by atoms with van der Waals surface area (Å²) in [4.78, 5) is 0. The highest BCUT2D eigenvalue weighted by Crippen LogP contribution is 2.20. The van der Waals surface area contributed by atoms with Crippen LogP contribution in [0.5, 0.6) is 0 Å². The Labute approximate surface area is 96.2 Å². The Morgan fingerprint density at radius 2 is 1.53 bits per heavy atom. The Hall–Kier alpha value is -0.260. The molecule has 1 atom stereocenters. The van der Waals surface area contributed by atoms with E-state index in [0.29, 0.717) is 0 Å². The lowest BCUT2D eigenvalue weighted by molar-refractivity contribution is 0.443. The van der Waals surface area contributed by atoms with Gasteiger partial charge in [-0.05, 0) is 25.2 Å². The summed E-state index contributed by atoms with van der Waals surface area (Å²) in [7, 11) is 0. The van der Waals surface area contributed by atoms with Gasteiger partial charge >= 0.3 is 0 Å². The number of allylic oxidation sites excluding steroid dienone is 2. The summed E-state index contributed by atoms with van der Waals surface area (Å²) in [5.41, 5.74) is 0. The highest BCUT2D eigenvalue weighted by atomic mass is 14.1. The fourth-order valence-electron chi connectivity index (χ4n) is 2.47. The Morgan fingerprint density at radius 3 is 2.27 bits per heavy atom. The minimum atomic E-state index is 0.960. The zero-order valence-electron chi connectivity index (χ0n) is 10.5. The first-order valence-electron chi connectivity index (χ1n) is 7.08. The van der Waals surface area contributed by atoms with Crippen LogP contribution >= 0.6 is 0 Å². The molecule has 88 valence electrons. The SMILES string of the molecule is CCC1CC=CCCCCCCCCC1. The van der Waals surface area contributed by atoms with E-state index in [0.717, 1.165) is 5.92 Å². The van der Waals surface area contributed by atoms with Crippen LogP contribution in [0.15, 0.2) is 12.2 Å². The summed E-state index contributed by atoms with van der Waals surface area (Å²) in [6, 6.07) is 0. The molecule has 0 fully saturated rings. The van der Waals surface area contributed by atoms with Crippen LogP contribution < -0.4 is 0 Å². The van der Waals surface area contributed by atoms with Crippen LogP contribution in [0.25, 0.3) is 0 Å². The van der Waals surface area contributed by atoms with Gasteiger partial charge in [-0.2, -0.15) is 0 Å². The van der Waals surface area contributed by atoms with Crippen molar-refractivity contribution >= 4 is 0 Å². The first kappa shape index (κ1) is 12.8. The van der Waals surface area contributed by atoms with Crippen molar-refractivity contribution in [2.24, 2.45) is 5.92 Å². The molecular weight excluding hydrogens is 180 g/mol. The van der Waals surface area contributed by atoms with Gasteiger partial charge in [0.15, 0.2) is 0 Å². The predicted octanol–water partition coefficient (Wildman–Crippen LogP) is 5.48. The number of rotatable bonds is 1. The fourth-order valence-corrected chi connectivity index (χ4v) is 2.47. The lowest BCUT2D eigenvalue weighted by Crippen LogP contribution is -1.97. The van der Waals surface area contributed by atoms with E-state index in [1.165, 1.54) is 70.6 Å². The first-order chi connectivity index (χ1) is 7.43. The Balaban J connectivity index is 2.26. The molecule has 1 rings (SSSR count). The van der Waals surface area contributed by atoms with Crippen molar-refractivity contribution in [1.29, 1.82) is 0 Å². The molecule has 0 saturated carbocycles. The molecule has 0 spiro atoms. The smallest absolute Gasteiger partial charge is 0.0322 e. The highest BCUT2D eigenvalue weighted by molar-refractivity contribution is 4.84. The maximum absolute atomic E-state index is 2.44. The molecule has 0 bridgehead atoms. The van der Waals surface area contributed by atoms with Crippen LogP contribution in [-0.2, 0) is 0 Å². The average molecular weight is 208 g/mol. The molecule has 0 aromatic rings. The maximum atomic E-state index is 2.44. The summed E-state index contributed by atoms with van der Waals surface area (Å²) in [5.74, 6) is 0.960. The second kappa shape index (κ2) is 9.00. The standard InChI is InChI=1S/C15H28/c1-2-15-13-11-9-7-5-3-4-6-8-10-12-14-15/h9,11,15H,2-8,10,12-14H2,1H3. The van der Waals surface area contributed by atoms with Crippen LogP contribution in [0.2, 0.25) is 0 Å². The second-order valence-electron chi connectivity index (χ2n) is 5.03. The van der Waals surface area contributed by atoms with Crippen molar-refractivity contribution in [3.63, 3.8) is 0 Å². The third-order valence-electron chi connectivity index (χ3n) is 3.70. The summed E-state index contributed by atoms with van der Waals surface area (Å²) >= 11 is 0. The Morgan fingerprint density at radius 1 is 0.867 bits per heavy atom. The Kier molecular flexibility index (Phi) is 7.69. The molecule has 0 nitrogen and oxygen atoms in total. The van der Waals surface area contributed by atoms with Crippen LogP contribution in [0.1, 0.15) is 77.6 Å². The van der Waals surface area contributed by atoms with E-state index >= 15 is 0 Å². The quantitative estimate of drug-likeness (QED) is 0.500. The number of hydrogen-bond acceptors (Lipinski definition) is 0. The molecule has 1 unspecified atom stereocenters. The topological polar surface area (TPSA) is 0 Å². The second-order valence-corrected chi connectivity index (χ2v) is 5.03. The molecule has 1 aliphatic rings. The summed E-state index contributed by atoms with van der Waals surface area (Å²) in [5, 5.41) is 0. The minimum Gasteiger partial charge on any atom is -0.0885 e. The van der Waals surface area contributed by atoms with Crippen molar-refractivity contribution in [1.82, 2.24) is 0 Å². The van der Waals surface area contributed by atoms with Gasteiger partial charge in [0, 0.05) is 0 Å². The van der Waals surface area contributed by atoms with E-state index in [4.69, 9.17) is 0 Å². The van der Waals surface area contributed by atoms with Gasteiger partial charge in [0.25, 0.3) is 0 Å². The third kappa shape index (κ3) is 6.76. The van der Waals surface area contributed by atoms with Crippen LogP contribution in [0, 0.1) is 5.92 Å². The van der Waals surface area contributed by atoms with Gasteiger partial charge in [-0.3, -0.25) is 0 Å². The van der Waals surface area contributed by atoms with E-state index in [9.17, 15) is 0 Å². The molecule has 0 N–H and O–H groups in total. The summed E-state index contributed by atoms with van der Waals surface area (Å²) < 4.78 is 0. The molecule has 0 heterocycles. The van der Waals surface area contributed by atoms with Gasteiger partial charge in [0.2, 0.25) is 0 Å². The minimum absolute atomic E-state index is 0.960. The molecule has 0 aliphatic heterocycles. The zero-order chi connectivity index (χ0) is 10.8. The van der Waals surface area contributed by atoms with Gasteiger partial charge < -0.3 is 0 Å². The van der Waals surface area contributed by atoms with E-state index in [-0.39, 0.29) is 0 Å². The van der Waals surface area contributed by atoms with Gasteiger partial charge in [-0.15, -0.1) is 0 Å². The highest BCUT2D eigenvalue weighted by Gasteiger charge is 2.04. The zero-order valence-corrected chi connectivity index (χ0v) is 10.5. The summed E-state index contributed by atoms with van der Waals surface area (Å²) in [6.07, 6.45) is 20.5. The summed E-state index contributed by atoms with van der Waals surface area (Å²) in [6.45, 7) is 2.34. The molecular formula is C15H28. The van der Waals surface area contributed by atoms with Crippen LogP contribution in [-0.4, -0.2) is 0 Å². The van der Waals surface area contributed by atoms with E-state index in [1.807, 2.05) is 0 Å².